The van der Waals surface area contributed by atoms with Gasteiger partial charge < -0.3 is 14.2 Å². The fraction of sp³-hybridized carbons (Fsp3) is 0.158. The van der Waals surface area contributed by atoms with E-state index in [1.807, 2.05) is 18.5 Å². The predicted octanol–water partition coefficient (Wildman–Crippen LogP) is 4.29. The molecule has 2 aromatic carbocycles. The van der Waals surface area contributed by atoms with E-state index in [-0.39, 0.29) is 17.9 Å². The fourth-order valence-corrected chi connectivity index (χ4v) is 3.01. The Morgan fingerprint density at radius 3 is 2.54 bits per heavy atom. The topological polar surface area (TPSA) is 17.4 Å². The van der Waals surface area contributed by atoms with E-state index in [2.05, 4.69) is 4.90 Å². The number of nitrogens with zero attached hydrogens (tertiary/aromatic N) is 2. The maximum Gasteiger partial charge on any atom is 0.158 e. The van der Waals surface area contributed by atoms with Gasteiger partial charge >= 0.3 is 0 Å². The molecule has 24 heavy (non-hydrogen) atoms. The molecule has 0 bridgehead atoms. The van der Waals surface area contributed by atoms with Crippen LogP contribution < -0.4 is 4.90 Å². The Bertz CT molecular complexity index is 845. The van der Waals surface area contributed by atoms with Gasteiger partial charge in [-0.05, 0) is 42.5 Å². The van der Waals surface area contributed by atoms with E-state index in [4.69, 9.17) is 4.74 Å². The molecule has 0 amide bonds. The molecule has 1 fully saturated rings. The van der Waals surface area contributed by atoms with Crippen molar-refractivity contribution in [3.8, 4) is 5.69 Å². The quantitative estimate of drug-likeness (QED) is 0.714. The maximum absolute atomic E-state index is 13.9. The number of rotatable bonds is 3. The zero-order valence-electron chi connectivity index (χ0n) is 12.9. The standard InChI is InChI=1S/C19H16F2N2O/c20-15-5-7-16(8-6-15)23-11-12-24-19(23)14-9-10-22(13-14)18-4-2-1-3-17(18)21/h1-10,13,19H,11-12H2/t19-/m1/s1. The molecule has 0 unspecified atom stereocenters. The first kappa shape index (κ1) is 14.9. The molecule has 0 aliphatic carbocycles. The number of benzene rings is 2. The number of hydrogen-bond donors (Lipinski definition) is 0. The van der Waals surface area contributed by atoms with Crippen molar-refractivity contribution in [3.05, 3.63) is 84.2 Å². The summed E-state index contributed by atoms with van der Waals surface area (Å²) in [4.78, 5) is 2.07. The molecular weight excluding hydrogens is 310 g/mol. The van der Waals surface area contributed by atoms with Crippen LogP contribution in [0.1, 0.15) is 11.8 Å². The summed E-state index contributed by atoms with van der Waals surface area (Å²) in [5.41, 5.74) is 2.33. The summed E-state index contributed by atoms with van der Waals surface area (Å²) in [7, 11) is 0. The van der Waals surface area contributed by atoms with Crippen LogP contribution in [-0.4, -0.2) is 17.7 Å². The normalized spacial score (nSPS) is 17.4. The molecule has 3 aromatic rings. The molecule has 1 aliphatic heterocycles. The van der Waals surface area contributed by atoms with Crippen LogP contribution in [0.4, 0.5) is 14.5 Å². The number of hydrogen-bond acceptors (Lipinski definition) is 2. The largest absolute Gasteiger partial charge is 0.352 e. The zero-order chi connectivity index (χ0) is 16.5. The first-order chi connectivity index (χ1) is 11.7. The number of halogens is 2. The molecular formula is C19H16F2N2O. The summed E-state index contributed by atoms with van der Waals surface area (Å²) in [6.45, 7) is 1.31. The monoisotopic (exact) mass is 326 g/mol. The minimum Gasteiger partial charge on any atom is -0.352 e. The third-order valence-electron chi connectivity index (χ3n) is 4.18. The molecule has 2 heterocycles. The highest BCUT2D eigenvalue weighted by atomic mass is 19.1. The first-order valence-electron chi connectivity index (χ1n) is 7.79. The smallest absolute Gasteiger partial charge is 0.158 e. The molecule has 0 radical (unpaired) electrons. The summed E-state index contributed by atoms with van der Waals surface area (Å²) < 4.78 is 34.7. The molecule has 0 N–H and O–H groups in total. The van der Waals surface area contributed by atoms with Crippen molar-refractivity contribution in [1.82, 2.24) is 4.57 Å². The van der Waals surface area contributed by atoms with Crippen LogP contribution in [0, 0.1) is 11.6 Å². The molecule has 3 nitrogen and oxygen atoms in total. The Labute approximate surface area is 138 Å². The molecule has 4 rings (SSSR count). The van der Waals surface area contributed by atoms with Gasteiger partial charge in [-0.1, -0.05) is 12.1 Å². The number of anilines is 1. The Morgan fingerprint density at radius 2 is 1.75 bits per heavy atom. The van der Waals surface area contributed by atoms with E-state index >= 15 is 0 Å². The van der Waals surface area contributed by atoms with Crippen molar-refractivity contribution in [3.63, 3.8) is 0 Å². The second-order valence-corrected chi connectivity index (χ2v) is 5.70. The van der Waals surface area contributed by atoms with Crippen molar-refractivity contribution >= 4 is 5.69 Å². The lowest BCUT2D eigenvalue weighted by Gasteiger charge is -2.24. The lowest BCUT2D eigenvalue weighted by Crippen LogP contribution is -2.22. The van der Waals surface area contributed by atoms with Gasteiger partial charge in [0.15, 0.2) is 6.23 Å². The van der Waals surface area contributed by atoms with E-state index in [1.165, 1.54) is 18.2 Å². The number of para-hydroxylation sites is 1. The van der Waals surface area contributed by atoms with Crippen LogP contribution in [0.25, 0.3) is 5.69 Å². The highest BCUT2D eigenvalue weighted by Crippen LogP contribution is 2.32. The van der Waals surface area contributed by atoms with Gasteiger partial charge in [-0.2, -0.15) is 0 Å². The third kappa shape index (κ3) is 2.67. The van der Waals surface area contributed by atoms with E-state index < -0.39 is 0 Å². The van der Waals surface area contributed by atoms with Gasteiger partial charge in [0.25, 0.3) is 0 Å². The third-order valence-corrected chi connectivity index (χ3v) is 4.18. The highest BCUT2D eigenvalue weighted by molar-refractivity contribution is 5.49. The van der Waals surface area contributed by atoms with Gasteiger partial charge in [0.2, 0.25) is 0 Å². The van der Waals surface area contributed by atoms with Gasteiger partial charge in [0, 0.05) is 30.2 Å². The van der Waals surface area contributed by atoms with Crippen molar-refractivity contribution in [2.24, 2.45) is 0 Å². The van der Waals surface area contributed by atoms with Crippen molar-refractivity contribution in [2.75, 3.05) is 18.1 Å². The summed E-state index contributed by atoms with van der Waals surface area (Å²) >= 11 is 0. The van der Waals surface area contributed by atoms with E-state index in [9.17, 15) is 8.78 Å². The van der Waals surface area contributed by atoms with Crippen molar-refractivity contribution < 1.29 is 13.5 Å². The summed E-state index contributed by atoms with van der Waals surface area (Å²) in [5.74, 6) is -0.538. The van der Waals surface area contributed by atoms with Crippen molar-refractivity contribution in [2.45, 2.75) is 6.23 Å². The zero-order valence-corrected chi connectivity index (χ0v) is 12.9. The van der Waals surface area contributed by atoms with Gasteiger partial charge in [-0.3, -0.25) is 0 Å². The highest BCUT2D eigenvalue weighted by Gasteiger charge is 2.28. The van der Waals surface area contributed by atoms with Crippen LogP contribution in [0.2, 0.25) is 0 Å². The number of aromatic nitrogens is 1. The van der Waals surface area contributed by atoms with Gasteiger partial charge in [0.05, 0.1) is 12.3 Å². The maximum atomic E-state index is 13.9. The average Bonchev–Trinajstić information content (AvgIpc) is 3.25. The van der Waals surface area contributed by atoms with Gasteiger partial charge in [-0.15, -0.1) is 0 Å². The molecule has 5 heteroatoms. The Balaban J connectivity index is 1.64. The molecule has 0 spiro atoms. The fourth-order valence-electron chi connectivity index (χ4n) is 3.01. The lowest BCUT2D eigenvalue weighted by molar-refractivity contribution is 0.114. The van der Waals surface area contributed by atoms with Gasteiger partial charge in [0.1, 0.15) is 11.6 Å². The molecule has 1 atom stereocenters. The number of ether oxygens (including phenoxy) is 1. The second-order valence-electron chi connectivity index (χ2n) is 5.70. The van der Waals surface area contributed by atoms with E-state index in [1.54, 1.807) is 34.9 Å². The Morgan fingerprint density at radius 1 is 0.958 bits per heavy atom. The van der Waals surface area contributed by atoms with Crippen molar-refractivity contribution in [1.29, 1.82) is 0 Å². The molecule has 1 aliphatic rings. The first-order valence-corrected chi connectivity index (χ1v) is 7.79. The van der Waals surface area contributed by atoms with Crippen LogP contribution >= 0.6 is 0 Å². The summed E-state index contributed by atoms with van der Waals surface area (Å²) in [6, 6.07) is 14.9. The molecule has 122 valence electrons. The predicted molar refractivity (Wildman–Crippen MR) is 88.2 cm³/mol. The second kappa shape index (κ2) is 6.09. The summed E-state index contributed by atoms with van der Waals surface area (Å²) in [5, 5.41) is 0. The minimum absolute atomic E-state index is 0.261. The lowest BCUT2D eigenvalue weighted by atomic mass is 10.2. The summed E-state index contributed by atoms with van der Waals surface area (Å²) in [6.07, 6.45) is 3.42. The SMILES string of the molecule is Fc1ccc(N2CCO[C@@H]2c2ccn(-c3ccccc3F)c2)cc1. The Kier molecular flexibility index (Phi) is 3.78. The van der Waals surface area contributed by atoms with Crippen LogP contribution in [0.15, 0.2) is 67.0 Å². The van der Waals surface area contributed by atoms with E-state index in [0.29, 0.717) is 12.3 Å². The average molecular weight is 326 g/mol. The molecule has 1 aromatic heterocycles. The molecule has 0 saturated carbocycles. The Hall–Kier alpha value is -2.66. The van der Waals surface area contributed by atoms with Crippen LogP contribution in [0.3, 0.4) is 0 Å². The van der Waals surface area contributed by atoms with E-state index in [0.717, 1.165) is 17.8 Å². The minimum atomic E-state index is -0.276. The molecule has 1 saturated heterocycles. The van der Waals surface area contributed by atoms with Crippen LogP contribution in [-0.2, 0) is 4.74 Å². The van der Waals surface area contributed by atoms with Gasteiger partial charge in [-0.25, -0.2) is 8.78 Å². The van der Waals surface area contributed by atoms with Crippen LogP contribution in [0.5, 0.6) is 0 Å².